The molecule has 0 aromatic carbocycles. The Morgan fingerprint density at radius 1 is 1.38 bits per heavy atom. The van der Waals surface area contributed by atoms with Gasteiger partial charge in [-0.15, -0.1) is 11.3 Å². The lowest BCUT2D eigenvalue weighted by Gasteiger charge is -2.32. The number of hydrogen-bond acceptors (Lipinski definition) is 5. The topological polar surface area (TPSA) is 49.3 Å². The van der Waals surface area contributed by atoms with E-state index >= 15 is 0 Å². The molecule has 1 fully saturated rings. The second kappa shape index (κ2) is 6.89. The zero-order chi connectivity index (χ0) is 17.3. The van der Waals surface area contributed by atoms with Crippen LogP contribution in [0.15, 0.2) is 18.3 Å². The first kappa shape index (κ1) is 16.9. The van der Waals surface area contributed by atoms with Gasteiger partial charge < -0.3 is 9.80 Å². The van der Waals surface area contributed by atoms with Gasteiger partial charge in [-0.05, 0) is 38.8 Å². The minimum absolute atomic E-state index is 0.0928. The molecule has 0 saturated carbocycles. The third kappa shape index (κ3) is 3.43. The number of aryl methyl sites for hydroxylation is 2. The summed E-state index contributed by atoms with van der Waals surface area (Å²) in [6.07, 6.45) is 3.84. The number of thiazole rings is 1. The largest absolute Gasteiger partial charge is 0.363 e. The molecule has 6 heteroatoms. The van der Waals surface area contributed by atoms with Gasteiger partial charge in [0.1, 0.15) is 5.82 Å². The van der Waals surface area contributed by atoms with Gasteiger partial charge in [0.05, 0.1) is 10.7 Å². The van der Waals surface area contributed by atoms with Crippen LogP contribution < -0.4 is 4.90 Å². The summed E-state index contributed by atoms with van der Waals surface area (Å²) >= 11 is 1.77. The Balaban J connectivity index is 1.76. The molecule has 3 rings (SSSR count). The Morgan fingerprint density at radius 2 is 2.17 bits per heavy atom. The van der Waals surface area contributed by atoms with Crippen LogP contribution in [0.2, 0.25) is 0 Å². The number of carbonyl (C=O) groups is 1. The van der Waals surface area contributed by atoms with Crippen LogP contribution in [0.3, 0.4) is 0 Å². The zero-order valence-corrected chi connectivity index (χ0v) is 15.6. The number of rotatable bonds is 3. The van der Waals surface area contributed by atoms with Gasteiger partial charge in [-0.1, -0.05) is 0 Å². The number of piperidine rings is 1. The number of amides is 1. The normalized spacial score (nSPS) is 17.8. The molecule has 0 unspecified atom stereocenters. The number of likely N-dealkylation sites (tertiary alicyclic amines) is 1. The van der Waals surface area contributed by atoms with Gasteiger partial charge in [0.2, 0.25) is 0 Å². The lowest BCUT2D eigenvalue weighted by molar-refractivity contribution is 0.0707. The van der Waals surface area contributed by atoms with Gasteiger partial charge >= 0.3 is 0 Å². The van der Waals surface area contributed by atoms with Crippen molar-refractivity contribution in [2.24, 2.45) is 0 Å². The molecule has 1 saturated heterocycles. The van der Waals surface area contributed by atoms with Crippen LogP contribution in [0, 0.1) is 13.8 Å². The molecule has 128 valence electrons. The maximum absolute atomic E-state index is 12.9. The highest BCUT2D eigenvalue weighted by Gasteiger charge is 2.27. The van der Waals surface area contributed by atoms with Gasteiger partial charge in [-0.25, -0.2) is 9.97 Å². The lowest BCUT2D eigenvalue weighted by Crippen LogP contribution is -2.39. The summed E-state index contributed by atoms with van der Waals surface area (Å²) in [5, 5.41) is 1.17. The van der Waals surface area contributed by atoms with Gasteiger partial charge in [0.15, 0.2) is 0 Å². The average Bonchev–Trinajstić information content (AvgIpc) is 2.93. The summed E-state index contributed by atoms with van der Waals surface area (Å²) in [6, 6.07) is 3.67. The molecule has 0 aliphatic carbocycles. The summed E-state index contributed by atoms with van der Waals surface area (Å²) in [6.45, 7) is 5.74. The highest BCUT2D eigenvalue weighted by Crippen LogP contribution is 2.31. The summed E-state index contributed by atoms with van der Waals surface area (Å²) in [5.74, 6) is 1.26. The number of pyridine rings is 1. The number of anilines is 1. The number of carbonyl (C=O) groups excluding carboxylic acids is 1. The fraction of sp³-hybridized carbons (Fsp3) is 0.500. The van der Waals surface area contributed by atoms with Crippen LogP contribution in [0.4, 0.5) is 5.82 Å². The molecule has 1 aliphatic heterocycles. The number of aromatic nitrogens is 2. The maximum atomic E-state index is 12.9. The van der Waals surface area contributed by atoms with Crippen molar-refractivity contribution in [2.75, 3.05) is 32.1 Å². The fourth-order valence-electron chi connectivity index (χ4n) is 3.01. The van der Waals surface area contributed by atoms with Crippen molar-refractivity contribution in [3.63, 3.8) is 0 Å². The Morgan fingerprint density at radius 3 is 2.83 bits per heavy atom. The quantitative estimate of drug-likeness (QED) is 0.858. The van der Waals surface area contributed by atoms with E-state index in [4.69, 9.17) is 4.98 Å². The van der Waals surface area contributed by atoms with Crippen molar-refractivity contribution in [3.8, 4) is 0 Å². The third-order valence-corrected chi connectivity index (χ3v) is 5.79. The van der Waals surface area contributed by atoms with E-state index in [9.17, 15) is 4.79 Å². The number of hydrogen-bond donors (Lipinski definition) is 0. The standard InChI is InChI=1S/C18H24N4OS/c1-12-13(2)24-17(20-12)15-6-5-9-22(11-15)18(23)14-7-8-19-16(10-14)21(3)4/h7-8,10,15H,5-6,9,11H2,1-4H3/t15-/m1/s1. The van der Waals surface area contributed by atoms with E-state index < -0.39 is 0 Å². The van der Waals surface area contributed by atoms with E-state index in [0.717, 1.165) is 37.4 Å². The van der Waals surface area contributed by atoms with Crippen LogP contribution >= 0.6 is 11.3 Å². The van der Waals surface area contributed by atoms with Crippen molar-refractivity contribution in [1.82, 2.24) is 14.9 Å². The molecule has 2 aromatic rings. The molecule has 1 atom stereocenters. The Kier molecular flexibility index (Phi) is 4.85. The third-order valence-electron chi connectivity index (χ3n) is 4.55. The van der Waals surface area contributed by atoms with Crippen LogP contribution in [-0.4, -0.2) is 48.0 Å². The molecule has 0 N–H and O–H groups in total. The van der Waals surface area contributed by atoms with Crippen molar-refractivity contribution < 1.29 is 4.79 Å². The van der Waals surface area contributed by atoms with Crippen LogP contribution in [0.5, 0.6) is 0 Å². The predicted octanol–water partition coefficient (Wildman–Crippen LogP) is 3.24. The molecule has 5 nitrogen and oxygen atoms in total. The fourth-order valence-corrected chi connectivity index (χ4v) is 4.06. The molecular weight excluding hydrogens is 320 g/mol. The Labute approximate surface area is 147 Å². The molecule has 1 aliphatic rings. The van der Waals surface area contributed by atoms with Crippen molar-refractivity contribution >= 4 is 23.1 Å². The smallest absolute Gasteiger partial charge is 0.254 e. The average molecular weight is 344 g/mol. The SMILES string of the molecule is Cc1nc([C@@H]2CCCN(C(=O)c3ccnc(N(C)C)c3)C2)sc1C. The van der Waals surface area contributed by atoms with Crippen molar-refractivity contribution in [1.29, 1.82) is 0 Å². The first-order chi connectivity index (χ1) is 11.5. The highest BCUT2D eigenvalue weighted by atomic mass is 32.1. The van der Waals surface area contributed by atoms with E-state index in [1.54, 1.807) is 23.6 Å². The van der Waals surface area contributed by atoms with E-state index in [1.807, 2.05) is 30.0 Å². The van der Waals surface area contributed by atoms with E-state index in [1.165, 1.54) is 9.88 Å². The van der Waals surface area contributed by atoms with E-state index in [2.05, 4.69) is 18.8 Å². The van der Waals surface area contributed by atoms with Crippen molar-refractivity contribution in [2.45, 2.75) is 32.6 Å². The van der Waals surface area contributed by atoms with E-state index in [0.29, 0.717) is 11.5 Å². The number of nitrogens with zero attached hydrogens (tertiary/aromatic N) is 4. The van der Waals surface area contributed by atoms with Gasteiger partial charge in [0, 0.05) is 49.7 Å². The minimum Gasteiger partial charge on any atom is -0.363 e. The highest BCUT2D eigenvalue weighted by molar-refractivity contribution is 7.11. The van der Waals surface area contributed by atoms with Crippen LogP contribution in [0.1, 0.15) is 44.7 Å². The molecule has 0 radical (unpaired) electrons. The molecule has 2 aromatic heterocycles. The van der Waals surface area contributed by atoms with Crippen molar-refractivity contribution in [3.05, 3.63) is 39.5 Å². The molecule has 0 spiro atoms. The molecule has 24 heavy (non-hydrogen) atoms. The second-order valence-corrected chi connectivity index (χ2v) is 7.82. The molecule has 3 heterocycles. The zero-order valence-electron chi connectivity index (χ0n) is 14.7. The first-order valence-corrected chi connectivity index (χ1v) is 9.14. The first-order valence-electron chi connectivity index (χ1n) is 8.32. The monoisotopic (exact) mass is 344 g/mol. The maximum Gasteiger partial charge on any atom is 0.254 e. The van der Waals surface area contributed by atoms with Crippen LogP contribution in [0.25, 0.3) is 0 Å². The predicted molar refractivity (Wildman–Crippen MR) is 98.0 cm³/mol. The Bertz CT molecular complexity index is 721. The van der Waals surface area contributed by atoms with Gasteiger partial charge in [-0.3, -0.25) is 4.79 Å². The molecular formula is C18H24N4OS. The van der Waals surface area contributed by atoms with E-state index in [-0.39, 0.29) is 5.91 Å². The Hall–Kier alpha value is -1.95. The van der Waals surface area contributed by atoms with Gasteiger partial charge in [0.25, 0.3) is 5.91 Å². The van der Waals surface area contributed by atoms with Crippen LogP contribution in [-0.2, 0) is 0 Å². The second-order valence-electron chi connectivity index (χ2n) is 6.58. The minimum atomic E-state index is 0.0928. The summed E-state index contributed by atoms with van der Waals surface area (Å²) in [5.41, 5.74) is 1.82. The lowest BCUT2D eigenvalue weighted by atomic mass is 9.98. The molecule has 0 bridgehead atoms. The summed E-state index contributed by atoms with van der Waals surface area (Å²) in [7, 11) is 3.86. The molecule has 1 amide bonds. The van der Waals surface area contributed by atoms with Gasteiger partial charge in [-0.2, -0.15) is 0 Å². The summed E-state index contributed by atoms with van der Waals surface area (Å²) < 4.78 is 0. The summed E-state index contributed by atoms with van der Waals surface area (Å²) in [4.78, 5) is 27.0.